The Labute approximate surface area is 117 Å². The lowest BCUT2D eigenvalue weighted by Crippen LogP contribution is -2.08. The van der Waals surface area contributed by atoms with Crippen LogP contribution in [0, 0.1) is 13.8 Å². The van der Waals surface area contributed by atoms with E-state index in [1.165, 1.54) is 7.11 Å². The first kappa shape index (κ1) is 13.9. The molecule has 104 valence electrons. The van der Waals surface area contributed by atoms with Gasteiger partial charge in [0.1, 0.15) is 0 Å². The van der Waals surface area contributed by atoms with Gasteiger partial charge in [-0.1, -0.05) is 6.07 Å². The number of esters is 1. The normalized spacial score (nSPS) is 10.2. The zero-order valence-corrected chi connectivity index (χ0v) is 11.7. The summed E-state index contributed by atoms with van der Waals surface area (Å²) >= 11 is 0. The first-order valence-corrected chi connectivity index (χ1v) is 6.21. The standard InChI is InChI=1S/C15H17N3O2/c1-9-7-8-13(10(2)17-9)18-14-11(15(19)20-3)5-4-6-12(14)16/h4-8,18H,16H2,1-3H3. The summed E-state index contributed by atoms with van der Waals surface area (Å²) in [7, 11) is 1.34. The highest BCUT2D eigenvalue weighted by atomic mass is 16.5. The van der Waals surface area contributed by atoms with E-state index in [-0.39, 0.29) is 0 Å². The van der Waals surface area contributed by atoms with Crippen LogP contribution in [0.1, 0.15) is 21.7 Å². The highest BCUT2D eigenvalue weighted by Gasteiger charge is 2.15. The minimum Gasteiger partial charge on any atom is -0.465 e. The molecule has 5 nitrogen and oxygen atoms in total. The Morgan fingerprint density at radius 1 is 1.25 bits per heavy atom. The van der Waals surface area contributed by atoms with Crippen LogP contribution in [0.3, 0.4) is 0 Å². The molecule has 0 unspecified atom stereocenters. The lowest BCUT2D eigenvalue weighted by atomic mass is 10.1. The van der Waals surface area contributed by atoms with Crippen molar-refractivity contribution in [3.63, 3.8) is 0 Å². The summed E-state index contributed by atoms with van der Waals surface area (Å²) in [5.41, 5.74) is 9.94. The van der Waals surface area contributed by atoms with Crippen LogP contribution in [-0.2, 0) is 4.74 Å². The quantitative estimate of drug-likeness (QED) is 0.663. The van der Waals surface area contributed by atoms with E-state index in [9.17, 15) is 4.79 Å². The summed E-state index contributed by atoms with van der Waals surface area (Å²) in [5, 5.41) is 3.16. The van der Waals surface area contributed by atoms with E-state index in [4.69, 9.17) is 10.5 Å². The van der Waals surface area contributed by atoms with Gasteiger partial charge in [0.2, 0.25) is 0 Å². The average Bonchev–Trinajstić information content (AvgIpc) is 2.42. The number of ether oxygens (including phenoxy) is 1. The topological polar surface area (TPSA) is 77.2 Å². The second-order valence-electron chi connectivity index (χ2n) is 4.47. The van der Waals surface area contributed by atoms with E-state index >= 15 is 0 Å². The lowest BCUT2D eigenvalue weighted by molar-refractivity contribution is 0.0602. The highest BCUT2D eigenvalue weighted by Crippen LogP contribution is 2.29. The Balaban J connectivity index is 2.45. The number of aromatic nitrogens is 1. The van der Waals surface area contributed by atoms with Gasteiger partial charge in [-0.2, -0.15) is 0 Å². The second-order valence-corrected chi connectivity index (χ2v) is 4.47. The molecule has 0 aliphatic rings. The zero-order valence-electron chi connectivity index (χ0n) is 11.7. The molecular formula is C15H17N3O2. The van der Waals surface area contributed by atoms with E-state index in [0.29, 0.717) is 16.9 Å². The molecule has 2 aromatic rings. The number of nitrogens with zero attached hydrogens (tertiary/aromatic N) is 1. The number of carbonyl (C=O) groups is 1. The maximum atomic E-state index is 11.8. The van der Waals surface area contributed by atoms with Gasteiger partial charge in [0.25, 0.3) is 0 Å². The number of nitrogen functional groups attached to an aromatic ring is 1. The third-order valence-corrected chi connectivity index (χ3v) is 2.99. The minimum absolute atomic E-state index is 0.396. The van der Waals surface area contributed by atoms with Crippen molar-refractivity contribution in [2.24, 2.45) is 0 Å². The van der Waals surface area contributed by atoms with E-state index in [2.05, 4.69) is 10.3 Å². The zero-order chi connectivity index (χ0) is 14.7. The molecule has 1 heterocycles. The summed E-state index contributed by atoms with van der Waals surface area (Å²) in [5.74, 6) is -0.433. The molecule has 1 aromatic heterocycles. The van der Waals surface area contributed by atoms with Gasteiger partial charge in [-0.3, -0.25) is 4.98 Å². The molecule has 0 saturated carbocycles. The number of methoxy groups -OCH3 is 1. The number of hydrogen-bond donors (Lipinski definition) is 2. The van der Waals surface area contributed by atoms with Crippen molar-refractivity contribution in [2.75, 3.05) is 18.2 Å². The van der Waals surface area contributed by atoms with Crippen molar-refractivity contribution in [1.29, 1.82) is 0 Å². The molecule has 0 amide bonds. The van der Waals surface area contributed by atoms with Crippen molar-refractivity contribution in [1.82, 2.24) is 4.98 Å². The van der Waals surface area contributed by atoms with Gasteiger partial charge in [-0.25, -0.2) is 4.79 Å². The third-order valence-electron chi connectivity index (χ3n) is 2.99. The van der Waals surface area contributed by atoms with Gasteiger partial charge in [0.15, 0.2) is 0 Å². The minimum atomic E-state index is -0.433. The first-order chi connectivity index (χ1) is 9.52. The average molecular weight is 271 g/mol. The number of rotatable bonds is 3. The van der Waals surface area contributed by atoms with Crippen LogP contribution in [0.2, 0.25) is 0 Å². The Morgan fingerprint density at radius 2 is 2.00 bits per heavy atom. The molecule has 3 N–H and O–H groups in total. The molecule has 2 rings (SSSR count). The van der Waals surface area contributed by atoms with Crippen molar-refractivity contribution in [3.05, 3.63) is 47.3 Å². The van der Waals surface area contributed by atoms with Crippen LogP contribution < -0.4 is 11.1 Å². The van der Waals surface area contributed by atoms with Gasteiger partial charge < -0.3 is 15.8 Å². The highest BCUT2D eigenvalue weighted by molar-refractivity contribution is 5.99. The molecule has 0 aliphatic heterocycles. The Kier molecular flexibility index (Phi) is 3.89. The Bertz CT molecular complexity index is 654. The van der Waals surface area contributed by atoms with Gasteiger partial charge in [0.05, 0.1) is 35.4 Å². The molecule has 0 aliphatic carbocycles. The summed E-state index contributed by atoms with van der Waals surface area (Å²) in [6.07, 6.45) is 0. The molecule has 0 spiro atoms. The van der Waals surface area contributed by atoms with Crippen molar-refractivity contribution in [3.8, 4) is 0 Å². The van der Waals surface area contributed by atoms with E-state index in [1.807, 2.05) is 26.0 Å². The van der Waals surface area contributed by atoms with Gasteiger partial charge in [-0.15, -0.1) is 0 Å². The number of carbonyl (C=O) groups excluding carboxylic acids is 1. The fraction of sp³-hybridized carbons (Fsp3) is 0.200. The SMILES string of the molecule is COC(=O)c1cccc(N)c1Nc1ccc(C)nc1C. The fourth-order valence-corrected chi connectivity index (χ4v) is 1.94. The molecule has 0 radical (unpaired) electrons. The molecule has 1 aromatic carbocycles. The molecule has 5 heteroatoms. The maximum absolute atomic E-state index is 11.8. The van der Waals surface area contributed by atoms with Crippen LogP contribution in [0.5, 0.6) is 0 Å². The van der Waals surface area contributed by atoms with Gasteiger partial charge in [-0.05, 0) is 38.1 Å². The van der Waals surface area contributed by atoms with Crippen LogP contribution in [-0.4, -0.2) is 18.1 Å². The summed E-state index contributed by atoms with van der Waals surface area (Å²) in [6, 6.07) is 8.91. The lowest BCUT2D eigenvalue weighted by Gasteiger charge is -2.14. The summed E-state index contributed by atoms with van der Waals surface area (Å²) in [6.45, 7) is 3.82. The van der Waals surface area contributed by atoms with Gasteiger partial charge >= 0.3 is 5.97 Å². The predicted molar refractivity (Wildman–Crippen MR) is 79.2 cm³/mol. The van der Waals surface area contributed by atoms with Crippen LogP contribution in [0.25, 0.3) is 0 Å². The smallest absolute Gasteiger partial charge is 0.340 e. The van der Waals surface area contributed by atoms with E-state index in [1.54, 1.807) is 18.2 Å². The molecule has 0 atom stereocenters. The maximum Gasteiger partial charge on any atom is 0.340 e. The van der Waals surface area contributed by atoms with Crippen molar-refractivity contribution < 1.29 is 9.53 Å². The molecule has 0 saturated heterocycles. The Hall–Kier alpha value is -2.56. The second kappa shape index (κ2) is 5.61. The number of nitrogens with two attached hydrogens (primary N) is 1. The number of hydrogen-bond acceptors (Lipinski definition) is 5. The predicted octanol–water partition coefficient (Wildman–Crippen LogP) is 2.81. The van der Waals surface area contributed by atoms with Crippen LogP contribution >= 0.6 is 0 Å². The third kappa shape index (κ3) is 2.71. The number of anilines is 3. The largest absolute Gasteiger partial charge is 0.465 e. The van der Waals surface area contributed by atoms with E-state index in [0.717, 1.165) is 17.1 Å². The fourth-order valence-electron chi connectivity index (χ4n) is 1.94. The number of aryl methyl sites for hydroxylation is 2. The summed E-state index contributed by atoms with van der Waals surface area (Å²) < 4.78 is 4.77. The number of para-hydroxylation sites is 1. The molecule has 0 bridgehead atoms. The Morgan fingerprint density at radius 3 is 2.65 bits per heavy atom. The number of nitrogens with one attached hydrogen (secondary N) is 1. The van der Waals surface area contributed by atoms with Crippen molar-refractivity contribution in [2.45, 2.75) is 13.8 Å². The van der Waals surface area contributed by atoms with E-state index < -0.39 is 5.97 Å². The molecule has 0 fully saturated rings. The molecular weight excluding hydrogens is 254 g/mol. The monoisotopic (exact) mass is 271 g/mol. The van der Waals surface area contributed by atoms with Crippen LogP contribution in [0.15, 0.2) is 30.3 Å². The molecule has 20 heavy (non-hydrogen) atoms. The number of pyridine rings is 1. The number of benzene rings is 1. The van der Waals surface area contributed by atoms with Crippen molar-refractivity contribution >= 4 is 23.0 Å². The summed E-state index contributed by atoms with van der Waals surface area (Å²) in [4.78, 5) is 16.2. The first-order valence-electron chi connectivity index (χ1n) is 6.21. The van der Waals surface area contributed by atoms with Gasteiger partial charge in [0, 0.05) is 5.69 Å². The van der Waals surface area contributed by atoms with Crippen LogP contribution in [0.4, 0.5) is 17.1 Å².